The van der Waals surface area contributed by atoms with E-state index in [0.717, 1.165) is 0 Å². The number of hydrogen-bond donors (Lipinski definition) is 1. The molecule has 0 aliphatic rings. The Hall–Kier alpha value is -1.87. The molecule has 1 rings (SSSR count). The van der Waals surface area contributed by atoms with Crippen molar-refractivity contribution in [2.24, 2.45) is 5.18 Å². The van der Waals surface area contributed by atoms with Crippen LogP contribution in [0.25, 0.3) is 0 Å². The third-order valence-corrected chi connectivity index (χ3v) is 2.20. The molecule has 14 heavy (non-hydrogen) atoms. The Morgan fingerprint density at radius 3 is 2.79 bits per heavy atom. The number of nitrogens with zero attached hydrogens (tertiary/aromatic N) is 2. The predicted octanol–water partition coefficient (Wildman–Crippen LogP) is 2.36. The predicted molar refractivity (Wildman–Crippen MR) is 50.3 cm³/mol. The third kappa shape index (κ3) is 1.89. The molecule has 6 heteroatoms. The second kappa shape index (κ2) is 4.39. The number of thiocyanates is 1. The zero-order chi connectivity index (χ0) is 10.6. The van der Waals surface area contributed by atoms with Crippen LogP contribution < -0.4 is 0 Å². The quantitative estimate of drug-likeness (QED) is 0.467. The van der Waals surface area contributed by atoms with Crippen molar-refractivity contribution in [2.75, 3.05) is 0 Å². The van der Waals surface area contributed by atoms with E-state index in [-0.39, 0.29) is 16.1 Å². The number of carboxylic acid groups (broad SMARTS) is 1. The number of rotatable bonds is 3. The van der Waals surface area contributed by atoms with Gasteiger partial charge in [0.1, 0.15) is 11.1 Å². The molecule has 0 saturated heterocycles. The standard InChI is InChI=1S/C8H4N2O3S/c9-4-14-7-5(8(11)12)2-1-3-6(7)10-13/h1-3H,(H,11,12). The van der Waals surface area contributed by atoms with Gasteiger partial charge in [-0.15, -0.1) is 4.91 Å². The maximum absolute atomic E-state index is 10.7. The lowest BCUT2D eigenvalue weighted by atomic mass is 10.2. The summed E-state index contributed by atoms with van der Waals surface area (Å²) in [7, 11) is 0. The third-order valence-electron chi connectivity index (χ3n) is 1.47. The summed E-state index contributed by atoms with van der Waals surface area (Å²) < 4.78 is 0. The van der Waals surface area contributed by atoms with Crippen LogP contribution in [-0.4, -0.2) is 11.1 Å². The number of aromatic carboxylic acids is 1. The normalized spacial score (nSPS) is 9.07. The van der Waals surface area contributed by atoms with E-state index in [2.05, 4.69) is 5.18 Å². The highest BCUT2D eigenvalue weighted by Crippen LogP contribution is 2.32. The van der Waals surface area contributed by atoms with Crippen molar-refractivity contribution < 1.29 is 9.90 Å². The Bertz CT molecular complexity index is 425. The fourth-order valence-electron chi connectivity index (χ4n) is 0.918. The molecule has 0 aliphatic carbocycles. The van der Waals surface area contributed by atoms with Crippen molar-refractivity contribution in [3.63, 3.8) is 0 Å². The van der Waals surface area contributed by atoms with Gasteiger partial charge in [-0.1, -0.05) is 6.07 Å². The Balaban J connectivity index is 3.36. The van der Waals surface area contributed by atoms with Crippen LogP contribution in [0.1, 0.15) is 10.4 Å². The van der Waals surface area contributed by atoms with Crippen LogP contribution in [0.2, 0.25) is 0 Å². The first-order chi connectivity index (χ1) is 6.70. The molecular weight excluding hydrogens is 204 g/mol. The van der Waals surface area contributed by atoms with Gasteiger partial charge in [-0.3, -0.25) is 0 Å². The highest BCUT2D eigenvalue weighted by Gasteiger charge is 2.14. The number of nitriles is 1. The van der Waals surface area contributed by atoms with Crippen molar-refractivity contribution in [2.45, 2.75) is 4.90 Å². The summed E-state index contributed by atoms with van der Waals surface area (Å²) in [6, 6.07) is 4.08. The summed E-state index contributed by atoms with van der Waals surface area (Å²) in [6.07, 6.45) is 0. The van der Waals surface area contributed by atoms with Gasteiger partial charge >= 0.3 is 5.97 Å². The summed E-state index contributed by atoms with van der Waals surface area (Å²) in [5, 5.41) is 21.5. The SMILES string of the molecule is N#CSc1c(N=O)cccc1C(=O)O. The van der Waals surface area contributed by atoms with Crippen LogP contribution in [0.5, 0.6) is 0 Å². The Morgan fingerprint density at radius 2 is 2.29 bits per heavy atom. The van der Waals surface area contributed by atoms with Gasteiger partial charge in [0, 0.05) is 0 Å². The molecule has 0 unspecified atom stereocenters. The van der Waals surface area contributed by atoms with Crippen molar-refractivity contribution in [1.82, 2.24) is 0 Å². The van der Waals surface area contributed by atoms with Gasteiger partial charge in [0.15, 0.2) is 0 Å². The van der Waals surface area contributed by atoms with E-state index < -0.39 is 5.97 Å². The lowest BCUT2D eigenvalue weighted by Crippen LogP contribution is -1.98. The first-order valence-corrected chi connectivity index (χ1v) is 4.28. The maximum atomic E-state index is 10.7. The van der Waals surface area contributed by atoms with Crippen molar-refractivity contribution in [3.05, 3.63) is 28.7 Å². The van der Waals surface area contributed by atoms with E-state index in [1.54, 1.807) is 5.40 Å². The highest BCUT2D eigenvalue weighted by molar-refractivity contribution is 8.04. The molecule has 0 fully saturated rings. The first kappa shape index (κ1) is 10.2. The van der Waals surface area contributed by atoms with Crippen LogP contribution in [0.3, 0.4) is 0 Å². The second-order valence-electron chi connectivity index (χ2n) is 2.24. The van der Waals surface area contributed by atoms with E-state index in [0.29, 0.717) is 11.8 Å². The van der Waals surface area contributed by atoms with Crippen LogP contribution >= 0.6 is 11.8 Å². The number of hydrogen-bond acceptors (Lipinski definition) is 5. The number of benzene rings is 1. The molecule has 0 saturated carbocycles. The summed E-state index contributed by atoms with van der Waals surface area (Å²) >= 11 is 0.612. The molecule has 0 heterocycles. The fraction of sp³-hybridized carbons (Fsp3) is 0. The van der Waals surface area contributed by atoms with Crippen LogP contribution in [0.4, 0.5) is 5.69 Å². The molecule has 0 aliphatic heterocycles. The van der Waals surface area contributed by atoms with Gasteiger partial charge in [-0.2, -0.15) is 5.26 Å². The topological polar surface area (TPSA) is 90.5 Å². The molecule has 0 radical (unpaired) electrons. The summed E-state index contributed by atoms with van der Waals surface area (Å²) in [5.41, 5.74) is -0.120. The van der Waals surface area contributed by atoms with Gasteiger partial charge in [-0.25, -0.2) is 4.79 Å². The highest BCUT2D eigenvalue weighted by atomic mass is 32.2. The Kier molecular flexibility index (Phi) is 3.20. The van der Waals surface area contributed by atoms with E-state index in [1.807, 2.05) is 0 Å². The molecular formula is C8H4N2O3S. The summed E-state index contributed by atoms with van der Waals surface area (Å²) in [4.78, 5) is 21.1. The van der Waals surface area contributed by atoms with Gasteiger partial charge in [0.2, 0.25) is 0 Å². The Morgan fingerprint density at radius 1 is 1.57 bits per heavy atom. The average molecular weight is 208 g/mol. The van der Waals surface area contributed by atoms with Crippen LogP contribution in [0, 0.1) is 15.6 Å². The van der Waals surface area contributed by atoms with E-state index in [4.69, 9.17) is 10.4 Å². The van der Waals surface area contributed by atoms with Crippen LogP contribution in [-0.2, 0) is 0 Å². The molecule has 5 nitrogen and oxygen atoms in total. The summed E-state index contributed by atoms with van der Waals surface area (Å²) in [5.74, 6) is -1.19. The molecule has 70 valence electrons. The van der Waals surface area contributed by atoms with E-state index in [9.17, 15) is 9.70 Å². The Labute approximate surface area is 83.3 Å². The lowest BCUT2D eigenvalue weighted by Gasteiger charge is -2.01. The molecule has 1 aromatic carbocycles. The number of carboxylic acids is 1. The molecule has 0 spiro atoms. The molecule has 1 N–H and O–H groups in total. The fourth-order valence-corrected chi connectivity index (χ4v) is 1.48. The largest absolute Gasteiger partial charge is 0.478 e. The monoisotopic (exact) mass is 208 g/mol. The maximum Gasteiger partial charge on any atom is 0.336 e. The minimum Gasteiger partial charge on any atom is -0.478 e. The molecule has 1 aromatic rings. The molecule has 0 amide bonds. The minimum atomic E-state index is -1.19. The van der Waals surface area contributed by atoms with Crippen molar-refractivity contribution in [3.8, 4) is 5.40 Å². The van der Waals surface area contributed by atoms with Crippen LogP contribution in [0.15, 0.2) is 28.3 Å². The molecule has 0 bridgehead atoms. The number of thioether (sulfide) groups is 1. The zero-order valence-electron chi connectivity index (χ0n) is 6.80. The zero-order valence-corrected chi connectivity index (χ0v) is 7.61. The number of carbonyl (C=O) groups is 1. The smallest absolute Gasteiger partial charge is 0.336 e. The average Bonchev–Trinajstić information content (AvgIpc) is 2.18. The lowest BCUT2D eigenvalue weighted by molar-refractivity contribution is 0.0693. The summed E-state index contributed by atoms with van der Waals surface area (Å²) in [6.45, 7) is 0. The van der Waals surface area contributed by atoms with Gasteiger partial charge < -0.3 is 5.11 Å². The molecule has 0 aromatic heterocycles. The van der Waals surface area contributed by atoms with Crippen molar-refractivity contribution >= 4 is 23.4 Å². The van der Waals surface area contributed by atoms with Crippen molar-refractivity contribution in [1.29, 1.82) is 5.26 Å². The number of nitroso groups, excluding NO2 is 1. The molecule has 0 atom stereocenters. The van der Waals surface area contributed by atoms with E-state index >= 15 is 0 Å². The first-order valence-electron chi connectivity index (χ1n) is 3.46. The minimum absolute atomic E-state index is 0.0311. The van der Waals surface area contributed by atoms with Gasteiger partial charge in [-0.05, 0) is 29.1 Å². The van der Waals surface area contributed by atoms with Gasteiger partial charge in [0.25, 0.3) is 0 Å². The second-order valence-corrected chi connectivity index (χ2v) is 3.04. The van der Waals surface area contributed by atoms with E-state index in [1.165, 1.54) is 18.2 Å². The van der Waals surface area contributed by atoms with Gasteiger partial charge in [0.05, 0.1) is 10.5 Å².